The van der Waals surface area contributed by atoms with Gasteiger partial charge in [0.05, 0.1) is 16.8 Å². The average Bonchev–Trinajstić information content (AvgIpc) is 3.00. The van der Waals surface area contributed by atoms with Crippen molar-refractivity contribution in [3.8, 4) is 0 Å². The molecule has 1 aromatic rings. The Hall–Kier alpha value is -1.14. The largest absolute Gasteiger partial charge is 0.393 e. The van der Waals surface area contributed by atoms with Crippen LogP contribution in [0.5, 0.6) is 0 Å². The molecule has 21 heavy (non-hydrogen) atoms. The Bertz CT molecular complexity index is 467. The van der Waals surface area contributed by atoms with Gasteiger partial charge in [-0.2, -0.15) is 0 Å². The molecule has 0 amide bonds. The van der Waals surface area contributed by atoms with Crippen LogP contribution < -0.4 is 10.6 Å². The summed E-state index contributed by atoms with van der Waals surface area (Å²) >= 11 is 1.76. The van der Waals surface area contributed by atoms with Crippen molar-refractivity contribution in [3.63, 3.8) is 0 Å². The van der Waals surface area contributed by atoms with Crippen LogP contribution in [-0.2, 0) is 6.42 Å². The van der Waals surface area contributed by atoms with Crippen molar-refractivity contribution < 1.29 is 5.11 Å². The molecule has 1 heterocycles. The van der Waals surface area contributed by atoms with E-state index in [1.54, 1.807) is 18.4 Å². The number of hydrogen-bond acceptors (Lipinski definition) is 4. The van der Waals surface area contributed by atoms with E-state index >= 15 is 0 Å². The molecular formula is C15H26N4OS. The summed E-state index contributed by atoms with van der Waals surface area (Å²) in [7, 11) is 1.78. The monoisotopic (exact) mass is 310 g/mol. The fourth-order valence-corrected chi connectivity index (χ4v) is 3.57. The number of thiazole rings is 1. The molecule has 0 bridgehead atoms. The van der Waals surface area contributed by atoms with Crippen LogP contribution in [0.2, 0.25) is 0 Å². The van der Waals surface area contributed by atoms with Gasteiger partial charge in [0.15, 0.2) is 5.96 Å². The lowest BCUT2D eigenvalue weighted by Gasteiger charge is -2.17. The number of rotatable bonds is 5. The molecule has 2 unspecified atom stereocenters. The summed E-state index contributed by atoms with van der Waals surface area (Å²) in [6.45, 7) is 5.77. The summed E-state index contributed by atoms with van der Waals surface area (Å²) in [5.41, 5.74) is 1.13. The standard InChI is InChI=1S/C15H26N4OS/c1-10-11(2)21-14(19-10)7-8-17-15(16-3)18-9-12-5-4-6-13(12)20/h12-13,20H,4-9H2,1-3H3,(H2,16,17,18). The van der Waals surface area contributed by atoms with Crippen molar-refractivity contribution in [1.29, 1.82) is 0 Å². The fourth-order valence-electron chi connectivity index (χ4n) is 2.64. The first kappa shape index (κ1) is 16.2. The maximum absolute atomic E-state index is 9.82. The van der Waals surface area contributed by atoms with Gasteiger partial charge in [-0.25, -0.2) is 4.98 Å². The lowest BCUT2D eigenvalue weighted by atomic mass is 10.1. The first-order valence-corrected chi connectivity index (χ1v) is 8.47. The van der Waals surface area contributed by atoms with Gasteiger partial charge in [0, 0.05) is 37.4 Å². The molecule has 1 saturated carbocycles. The summed E-state index contributed by atoms with van der Waals surface area (Å²) in [5, 5.41) is 17.6. The summed E-state index contributed by atoms with van der Waals surface area (Å²) < 4.78 is 0. The normalized spacial score (nSPS) is 22.6. The van der Waals surface area contributed by atoms with Crippen molar-refractivity contribution in [2.24, 2.45) is 10.9 Å². The maximum atomic E-state index is 9.82. The van der Waals surface area contributed by atoms with Crippen LogP contribution >= 0.6 is 11.3 Å². The molecule has 5 nitrogen and oxygen atoms in total. The van der Waals surface area contributed by atoms with Gasteiger partial charge in [-0.05, 0) is 26.7 Å². The van der Waals surface area contributed by atoms with Crippen LogP contribution in [0.4, 0.5) is 0 Å². The molecule has 0 spiro atoms. The Morgan fingerprint density at radius 1 is 1.38 bits per heavy atom. The summed E-state index contributed by atoms with van der Waals surface area (Å²) in [6.07, 6.45) is 3.91. The molecule has 0 saturated heterocycles. The van der Waals surface area contributed by atoms with E-state index in [-0.39, 0.29) is 6.10 Å². The van der Waals surface area contributed by atoms with Crippen LogP contribution in [0.15, 0.2) is 4.99 Å². The number of nitrogens with zero attached hydrogens (tertiary/aromatic N) is 2. The van der Waals surface area contributed by atoms with Crippen molar-refractivity contribution in [3.05, 3.63) is 15.6 Å². The fraction of sp³-hybridized carbons (Fsp3) is 0.733. The summed E-state index contributed by atoms with van der Waals surface area (Å²) in [5.74, 6) is 1.16. The Balaban J connectivity index is 1.70. The van der Waals surface area contributed by atoms with E-state index in [0.29, 0.717) is 5.92 Å². The number of guanidine groups is 1. The minimum atomic E-state index is -0.156. The minimum absolute atomic E-state index is 0.156. The maximum Gasteiger partial charge on any atom is 0.191 e. The molecule has 118 valence electrons. The topological polar surface area (TPSA) is 69.5 Å². The number of aliphatic hydroxyl groups is 1. The van der Waals surface area contributed by atoms with Gasteiger partial charge >= 0.3 is 0 Å². The highest BCUT2D eigenvalue weighted by molar-refractivity contribution is 7.11. The predicted molar refractivity (Wildman–Crippen MR) is 88.0 cm³/mol. The van der Waals surface area contributed by atoms with E-state index in [4.69, 9.17) is 0 Å². The number of aliphatic imine (C=N–C) groups is 1. The molecule has 1 fully saturated rings. The number of aromatic nitrogens is 1. The van der Waals surface area contributed by atoms with E-state index < -0.39 is 0 Å². The minimum Gasteiger partial charge on any atom is -0.393 e. The highest BCUT2D eigenvalue weighted by atomic mass is 32.1. The quantitative estimate of drug-likeness (QED) is 0.571. The SMILES string of the molecule is CN=C(NCCc1nc(C)c(C)s1)NCC1CCCC1O. The van der Waals surface area contributed by atoms with Gasteiger partial charge in [-0.15, -0.1) is 11.3 Å². The second-order valence-corrected chi connectivity index (χ2v) is 6.93. The zero-order chi connectivity index (χ0) is 15.2. The third kappa shape index (κ3) is 4.68. The van der Waals surface area contributed by atoms with Gasteiger partial charge in [0.2, 0.25) is 0 Å². The van der Waals surface area contributed by atoms with Gasteiger partial charge in [-0.3, -0.25) is 4.99 Å². The first-order valence-electron chi connectivity index (χ1n) is 7.65. The molecular weight excluding hydrogens is 284 g/mol. The molecule has 3 N–H and O–H groups in total. The number of hydrogen-bond donors (Lipinski definition) is 3. The van der Waals surface area contributed by atoms with Crippen LogP contribution in [0.25, 0.3) is 0 Å². The van der Waals surface area contributed by atoms with Crippen LogP contribution in [0, 0.1) is 19.8 Å². The molecule has 1 aromatic heterocycles. The van der Waals surface area contributed by atoms with Crippen LogP contribution in [0.1, 0.15) is 34.8 Å². The van der Waals surface area contributed by atoms with Crippen molar-refractivity contribution in [2.75, 3.05) is 20.1 Å². The van der Waals surface area contributed by atoms with E-state index in [1.807, 2.05) is 0 Å². The van der Waals surface area contributed by atoms with Crippen LogP contribution in [0.3, 0.4) is 0 Å². The molecule has 0 radical (unpaired) electrons. The van der Waals surface area contributed by atoms with Crippen molar-refractivity contribution in [1.82, 2.24) is 15.6 Å². The number of aryl methyl sites for hydroxylation is 2. The third-order valence-electron chi connectivity index (χ3n) is 4.08. The van der Waals surface area contributed by atoms with Gasteiger partial charge in [0.25, 0.3) is 0 Å². The summed E-state index contributed by atoms with van der Waals surface area (Å²) in [4.78, 5) is 10.1. The zero-order valence-corrected chi connectivity index (χ0v) is 14.0. The van der Waals surface area contributed by atoms with E-state index in [1.165, 1.54) is 9.88 Å². The molecule has 1 aliphatic carbocycles. The number of nitrogens with one attached hydrogen (secondary N) is 2. The van der Waals surface area contributed by atoms with Crippen LogP contribution in [-0.4, -0.2) is 42.3 Å². The molecule has 0 aliphatic heterocycles. The molecule has 0 aromatic carbocycles. The second-order valence-electron chi connectivity index (χ2n) is 5.64. The van der Waals surface area contributed by atoms with E-state index in [2.05, 4.69) is 34.5 Å². The summed E-state index contributed by atoms with van der Waals surface area (Å²) in [6, 6.07) is 0. The number of aliphatic hydroxyl groups excluding tert-OH is 1. The Morgan fingerprint density at radius 2 is 2.19 bits per heavy atom. The lowest BCUT2D eigenvalue weighted by Crippen LogP contribution is -2.41. The molecule has 2 atom stereocenters. The highest BCUT2D eigenvalue weighted by Crippen LogP contribution is 2.24. The van der Waals surface area contributed by atoms with E-state index in [0.717, 1.165) is 50.4 Å². The smallest absolute Gasteiger partial charge is 0.191 e. The highest BCUT2D eigenvalue weighted by Gasteiger charge is 2.24. The lowest BCUT2D eigenvalue weighted by molar-refractivity contribution is 0.134. The average molecular weight is 310 g/mol. The molecule has 2 rings (SSSR count). The molecule has 6 heteroatoms. The Morgan fingerprint density at radius 3 is 2.76 bits per heavy atom. The first-order chi connectivity index (χ1) is 10.1. The van der Waals surface area contributed by atoms with Crippen molar-refractivity contribution >= 4 is 17.3 Å². The molecule has 1 aliphatic rings. The van der Waals surface area contributed by atoms with Gasteiger partial charge in [0.1, 0.15) is 0 Å². The second kappa shape index (κ2) is 7.75. The third-order valence-corrected chi connectivity index (χ3v) is 5.21. The zero-order valence-electron chi connectivity index (χ0n) is 13.1. The Labute approximate surface area is 130 Å². The van der Waals surface area contributed by atoms with Gasteiger partial charge < -0.3 is 15.7 Å². The Kier molecular flexibility index (Phi) is 5.99. The van der Waals surface area contributed by atoms with E-state index in [9.17, 15) is 5.11 Å². The van der Waals surface area contributed by atoms with Gasteiger partial charge in [-0.1, -0.05) is 6.42 Å². The van der Waals surface area contributed by atoms with Crippen molar-refractivity contribution in [2.45, 2.75) is 45.6 Å². The predicted octanol–water partition coefficient (Wildman–Crippen LogP) is 1.63.